The third-order valence-electron chi connectivity index (χ3n) is 3.56. The summed E-state index contributed by atoms with van der Waals surface area (Å²) < 4.78 is 0. The number of nitrogens with one attached hydrogen (secondary N) is 2. The Bertz CT molecular complexity index is 933. The SMILES string of the molecule is Cc1c[nH]c2ccc(-c3[nH]nc4ncnc(N)c34)cc12. The Morgan fingerprint density at radius 3 is 3.00 bits per heavy atom. The van der Waals surface area contributed by atoms with Crippen molar-refractivity contribution in [1.29, 1.82) is 0 Å². The number of nitrogens with zero attached hydrogens (tertiary/aromatic N) is 3. The Morgan fingerprint density at radius 2 is 2.10 bits per heavy atom. The van der Waals surface area contributed by atoms with Crippen LogP contribution in [0.25, 0.3) is 33.2 Å². The second-order valence-corrected chi connectivity index (χ2v) is 4.79. The van der Waals surface area contributed by atoms with Crippen molar-refractivity contribution in [2.75, 3.05) is 5.73 Å². The van der Waals surface area contributed by atoms with E-state index in [-0.39, 0.29) is 0 Å². The first-order chi connectivity index (χ1) is 9.74. The standard InChI is InChI=1S/C14H12N6/c1-7-5-16-10-3-2-8(4-9(7)10)12-11-13(15)17-6-18-14(11)20-19-12/h2-6,16H,1H3,(H3,15,17,18,19,20). The number of hydrogen-bond donors (Lipinski definition) is 3. The van der Waals surface area contributed by atoms with E-state index >= 15 is 0 Å². The van der Waals surface area contributed by atoms with Gasteiger partial charge in [0.1, 0.15) is 12.1 Å². The van der Waals surface area contributed by atoms with Crippen LogP contribution < -0.4 is 5.73 Å². The zero-order valence-corrected chi connectivity index (χ0v) is 10.8. The van der Waals surface area contributed by atoms with Gasteiger partial charge in [0.25, 0.3) is 0 Å². The first-order valence-electron chi connectivity index (χ1n) is 6.26. The van der Waals surface area contributed by atoms with E-state index in [1.54, 1.807) is 0 Å². The average molecular weight is 264 g/mol. The zero-order chi connectivity index (χ0) is 13.7. The van der Waals surface area contributed by atoms with Crippen LogP contribution >= 0.6 is 0 Å². The predicted octanol–water partition coefficient (Wildman–Crippen LogP) is 2.39. The largest absolute Gasteiger partial charge is 0.383 e. The molecule has 0 fully saturated rings. The van der Waals surface area contributed by atoms with Crippen molar-refractivity contribution >= 4 is 27.8 Å². The molecule has 4 aromatic rings. The zero-order valence-electron chi connectivity index (χ0n) is 10.8. The molecule has 0 spiro atoms. The fourth-order valence-electron chi connectivity index (χ4n) is 2.50. The van der Waals surface area contributed by atoms with Crippen molar-refractivity contribution in [3.8, 4) is 11.3 Å². The number of aryl methyl sites for hydroxylation is 1. The summed E-state index contributed by atoms with van der Waals surface area (Å²) in [6, 6.07) is 6.18. The minimum atomic E-state index is 0.435. The summed E-state index contributed by atoms with van der Waals surface area (Å²) in [6.45, 7) is 2.07. The lowest BCUT2D eigenvalue weighted by Crippen LogP contribution is -1.92. The second-order valence-electron chi connectivity index (χ2n) is 4.79. The van der Waals surface area contributed by atoms with Gasteiger partial charge in [-0.3, -0.25) is 5.10 Å². The molecule has 0 saturated heterocycles. The summed E-state index contributed by atoms with van der Waals surface area (Å²) >= 11 is 0. The summed E-state index contributed by atoms with van der Waals surface area (Å²) in [7, 11) is 0. The Balaban J connectivity index is 2.03. The normalized spacial score (nSPS) is 11.4. The van der Waals surface area contributed by atoms with Crippen LogP contribution in [0.2, 0.25) is 0 Å². The maximum Gasteiger partial charge on any atom is 0.186 e. The van der Waals surface area contributed by atoms with Gasteiger partial charge in [-0.25, -0.2) is 9.97 Å². The number of rotatable bonds is 1. The van der Waals surface area contributed by atoms with Crippen LogP contribution in [0.15, 0.2) is 30.7 Å². The number of nitrogen functional groups attached to an aromatic ring is 1. The molecule has 4 N–H and O–H groups in total. The predicted molar refractivity (Wildman–Crippen MR) is 78.1 cm³/mol. The van der Waals surface area contributed by atoms with Crippen LogP contribution in [-0.4, -0.2) is 25.1 Å². The Kier molecular flexibility index (Phi) is 2.09. The number of benzene rings is 1. The lowest BCUT2D eigenvalue weighted by molar-refractivity contribution is 1.09. The Labute approximate surface area is 114 Å². The monoisotopic (exact) mass is 264 g/mol. The van der Waals surface area contributed by atoms with E-state index in [0.717, 1.165) is 22.2 Å². The molecule has 20 heavy (non-hydrogen) atoms. The topological polar surface area (TPSA) is 96.3 Å². The van der Waals surface area contributed by atoms with Gasteiger partial charge in [-0.2, -0.15) is 5.10 Å². The highest BCUT2D eigenvalue weighted by atomic mass is 15.2. The van der Waals surface area contributed by atoms with Crippen LogP contribution in [0, 0.1) is 6.92 Å². The highest BCUT2D eigenvalue weighted by molar-refractivity contribution is 5.99. The highest BCUT2D eigenvalue weighted by Gasteiger charge is 2.13. The van der Waals surface area contributed by atoms with Crippen LogP contribution in [0.1, 0.15) is 5.56 Å². The van der Waals surface area contributed by atoms with Gasteiger partial charge in [-0.05, 0) is 24.6 Å². The lowest BCUT2D eigenvalue weighted by atomic mass is 10.1. The molecule has 0 atom stereocenters. The minimum absolute atomic E-state index is 0.435. The van der Waals surface area contributed by atoms with Crippen molar-refractivity contribution < 1.29 is 0 Å². The summed E-state index contributed by atoms with van der Waals surface area (Å²) in [5, 5.41) is 9.13. The van der Waals surface area contributed by atoms with Gasteiger partial charge in [-0.15, -0.1) is 0 Å². The van der Waals surface area contributed by atoms with Gasteiger partial charge < -0.3 is 10.7 Å². The van der Waals surface area contributed by atoms with Gasteiger partial charge in [0, 0.05) is 22.7 Å². The van der Waals surface area contributed by atoms with Gasteiger partial charge in [0.15, 0.2) is 5.65 Å². The molecule has 4 rings (SSSR count). The molecule has 0 unspecified atom stereocenters. The maximum atomic E-state index is 5.94. The number of fused-ring (bicyclic) bond motifs is 2. The van der Waals surface area contributed by atoms with E-state index in [1.807, 2.05) is 18.3 Å². The summed E-state index contributed by atoms with van der Waals surface area (Å²) in [4.78, 5) is 11.4. The van der Waals surface area contributed by atoms with Crippen LogP contribution in [-0.2, 0) is 0 Å². The van der Waals surface area contributed by atoms with Crippen molar-refractivity contribution in [1.82, 2.24) is 25.1 Å². The molecule has 0 amide bonds. The third-order valence-corrected chi connectivity index (χ3v) is 3.56. The van der Waals surface area contributed by atoms with Gasteiger partial charge in [0.2, 0.25) is 0 Å². The molecule has 0 bridgehead atoms. The number of hydrogen-bond acceptors (Lipinski definition) is 4. The minimum Gasteiger partial charge on any atom is -0.383 e. The first-order valence-corrected chi connectivity index (χ1v) is 6.26. The van der Waals surface area contributed by atoms with E-state index < -0.39 is 0 Å². The van der Waals surface area contributed by atoms with Gasteiger partial charge >= 0.3 is 0 Å². The number of anilines is 1. The number of aromatic nitrogens is 5. The average Bonchev–Trinajstić information content (AvgIpc) is 3.04. The number of nitrogens with two attached hydrogens (primary N) is 1. The molecular formula is C14H12N6. The summed E-state index contributed by atoms with van der Waals surface area (Å²) in [6.07, 6.45) is 3.42. The molecule has 0 aliphatic carbocycles. The second kappa shape index (κ2) is 3.80. The van der Waals surface area contributed by atoms with E-state index in [2.05, 4.69) is 38.1 Å². The van der Waals surface area contributed by atoms with Gasteiger partial charge in [-0.1, -0.05) is 6.07 Å². The number of aromatic amines is 2. The smallest absolute Gasteiger partial charge is 0.186 e. The fraction of sp³-hybridized carbons (Fsp3) is 0.0714. The lowest BCUT2D eigenvalue weighted by Gasteiger charge is -2.01. The molecule has 3 aromatic heterocycles. The number of H-pyrrole nitrogens is 2. The van der Waals surface area contributed by atoms with Crippen molar-refractivity contribution in [2.45, 2.75) is 6.92 Å². The molecular weight excluding hydrogens is 252 g/mol. The van der Waals surface area contributed by atoms with Crippen molar-refractivity contribution in [2.24, 2.45) is 0 Å². The quantitative estimate of drug-likeness (QED) is 0.491. The molecule has 3 heterocycles. The molecule has 0 aliphatic heterocycles. The molecule has 0 aliphatic rings. The molecule has 98 valence electrons. The molecule has 6 heteroatoms. The Hall–Kier alpha value is -2.89. The summed E-state index contributed by atoms with van der Waals surface area (Å²) in [5.74, 6) is 0.435. The van der Waals surface area contributed by atoms with E-state index in [4.69, 9.17) is 5.73 Å². The van der Waals surface area contributed by atoms with Crippen molar-refractivity contribution in [3.05, 3.63) is 36.3 Å². The van der Waals surface area contributed by atoms with E-state index in [9.17, 15) is 0 Å². The first kappa shape index (κ1) is 11.0. The van der Waals surface area contributed by atoms with Crippen molar-refractivity contribution in [3.63, 3.8) is 0 Å². The molecule has 1 aromatic carbocycles. The van der Waals surface area contributed by atoms with E-state index in [1.165, 1.54) is 17.3 Å². The highest BCUT2D eigenvalue weighted by Crippen LogP contribution is 2.31. The summed E-state index contributed by atoms with van der Waals surface area (Å²) in [5.41, 5.74) is 10.7. The maximum absolute atomic E-state index is 5.94. The molecule has 0 radical (unpaired) electrons. The van der Waals surface area contributed by atoms with Crippen LogP contribution in [0.4, 0.5) is 5.82 Å². The molecule has 6 nitrogen and oxygen atoms in total. The van der Waals surface area contributed by atoms with E-state index in [0.29, 0.717) is 11.5 Å². The Morgan fingerprint density at radius 1 is 1.20 bits per heavy atom. The van der Waals surface area contributed by atoms with Gasteiger partial charge in [0.05, 0.1) is 11.1 Å². The third kappa shape index (κ3) is 1.41. The molecule has 0 saturated carbocycles. The van der Waals surface area contributed by atoms with Crippen LogP contribution in [0.5, 0.6) is 0 Å². The van der Waals surface area contributed by atoms with Crippen LogP contribution in [0.3, 0.4) is 0 Å². The fourth-order valence-corrected chi connectivity index (χ4v) is 2.50.